The Morgan fingerprint density at radius 1 is 1.24 bits per heavy atom. The van der Waals surface area contributed by atoms with Gasteiger partial charge in [-0.2, -0.15) is 0 Å². The molecule has 5 heteroatoms. The average molecular weight is 406 g/mol. The maximum atomic E-state index is 13.6. The van der Waals surface area contributed by atoms with Crippen LogP contribution in [0.15, 0.2) is 53.0 Å². The van der Waals surface area contributed by atoms with Crippen LogP contribution in [0.1, 0.15) is 24.0 Å². The molecule has 0 amide bonds. The quantitative estimate of drug-likeness (QED) is 0.691. The van der Waals surface area contributed by atoms with E-state index in [9.17, 15) is 9.18 Å². The van der Waals surface area contributed by atoms with Crippen molar-refractivity contribution in [2.24, 2.45) is 5.92 Å². The van der Waals surface area contributed by atoms with E-state index in [-0.39, 0.29) is 23.6 Å². The van der Waals surface area contributed by atoms with Crippen molar-refractivity contribution in [3.63, 3.8) is 0 Å². The van der Waals surface area contributed by atoms with Crippen molar-refractivity contribution in [1.29, 1.82) is 0 Å². The molecule has 1 aliphatic rings. The van der Waals surface area contributed by atoms with Gasteiger partial charge in [-0.15, -0.1) is 0 Å². The van der Waals surface area contributed by atoms with E-state index in [4.69, 9.17) is 4.74 Å². The maximum absolute atomic E-state index is 13.6. The van der Waals surface area contributed by atoms with Crippen molar-refractivity contribution < 1.29 is 13.9 Å². The molecule has 1 aliphatic heterocycles. The zero-order valence-electron chi connectivity index (χ0n) is 14.1. The summed E-state index contributed by atoms with van der Waals surface area (Å²) in [5, 5.41) is 0. The third-order valence-corrected chi connectivity index (χ3v) is 5.21. The molecular formula is C20H21BrFNO2. The smallest absolute Gasteiger partial charge is 0.310 e. The molecule has 2 aromatic carbocycles. The van der Waals surface area contributed by atoms with E-state index in [1.165, 1.54) is 11.6 Å². The number of hydrogen-bond donors (Lipinski definition) is 0. The van der Waals surface area contributed by atoms with Gasteiger partial charge in [0.05, 0.1) is 17.0 Å². The van der Waals surface area contributed by atoms with Gasteiger partial charge in [0.1, 0.15) is 5.82 Å². The standard InChI is InChI=1S/C20H21BrFNO2/c1-2-25-20(24)17-13-23(11-14-6-4-3-5-7-14)12-16(17)15-8-9-19(22)18(21)10-15/h3-10,16-17H,2,11-13H2,1H3. The normalized spacial score (nSPS) is 20.6. The number of carbonyl (C=O) groups excluding carboxylic acids is 1. The molecule has 3 nitrogen and oxygen atoms in total. The summed E-state index contributed by atoms with van der Waals surface area (Å²) in [5.74, 6) is -0.709. The Morgan fingerprint density at radius 3 is 2.68 bits per heavy atom. The van der Waals surface area contributed by atoms with Crippen LogP contribution >= 0.6 is 15.9 Å². The summed E-state index contributed by atoms with van der Waals surface area (Å²) in [6.45, 7) is 4.37. The van der Waals surface area contributed by atoms with Crippen molar-refractivity contribution in [1.82, 2.24) is 4.90 Å². The number of ether oxygens (including phenoxy) is 1. The van der Waals surface area contributed by atoms with Crippen molar-refractivity contribution in [3.8, 4) is 0 Å². The number of esters is 1. The highest BCUT2D eigenvalue weighted by Crippen LogP contribution is 2.35. The molecule has 132 valence electrons. The molecule has 1 heterocycles. The first-order valence-corrected chi connectivity index (χ1v) is 9.25. The van der Waals surface area contributed by atoms with Crippen molar-refractivity contribution in [2.75, 3.05) is 19.7 Å². The fourth-order valence-electron chi connectivity index (χ4n) is 3.42. The summed E-state index contributed by atoms with van der Waals surface area (Å²) in [4.78, 5) is 14.7. The molecule has 0 aromatic heterocycles. The number of likely N-dealkylation sites (tertiary alicyclic amines) is 1. The lowest BCUT2D eigenvalue weighted by Gasteiger charge is -2.17. The number of halogens is 2. The van der Waals surface area contributed by atoms with Crippen LogP contribution in [0.25, 0.3) is 0 Å². The first kappa shape index (κ1) is 18.1. The monoisotopic (exact) mass is 405 g/mol. The van der Waals surface area contributed by atoms with Crippen LogP contribution < -0.4 is 0 Å². The third kappa shape index (κ3) is 4.28. The van der Waals surface area contributed by atoms with Crippen molar-refractivity contribution in [2.45, 2.75) is 19.4 Å². The van der Waals surface area contributed by atoms with Gasteiger partial charge in [0.2, 0.25) is 0 Å². The molecule has 2 atom stereocenters. The van der Waals surface area contributed by atoms with Gasteiger partial charge in [0.15, 0.2) is 0 Å². The lowest BCUT2D eigenvalue weighted by atomic mass is 9.89. The SMILES string of the molecule is CCOC(=O)C1CN(Cc2ccccc2)CC1c1ccc(F)c(Br)c1. The minimum Gasteiger partial charge on any atom is -0.466 e. The molecule has 0 aliphatic carbocycles. The lowest BCUT2D eigenvalue weighted by Crippen LogP contribution is -2.25. The number of carbonyl (C=O) groups is 1. The second-order valence-electron chi connectivity index (χ2n) is 6.32. The van der Waals surface area contributed by atoms with Crippen molar-refractivity contribution >= 4 is 21.9 Å². The molecule has 0 N–H and O–H groups in total. The Morgan fingerprint density at radius 2 is 2.00 bits per heavy atom. The zero-order chi connectivity index (χ0) is 17.8. The van der Waals surface area contributed by atoms with Gasteiger partial charge in [-0.1, -0.05) is 36.4 Å². The van der Waals surface area contributed by atoms with E-state index in [2.05, 4.69) is 33.0 Å². The first-order chi connectivity index (χ1) is 12.1. The van der Waals surface area contributed by atoms with Crippen LogP contribution in [0, 0.1) is 11.7 Å². The second-order valence-corrected chi connectivity index (χ2v) is 7.17. The minimum atomic E-state index is -0.296. The summed E-state index contributed by atoms with van der Waals surface area (Å²) in [6, 6.07) is 15.2. The largest absolute Gasteiger partial charge is 0.466 e. The maximum Gasteiger partial charge on any atom is 0.310 e. The Bertz CT molecular complexity index is 738. The van der Waals surface area contributed by atoms with E-state index < -0.39 is 0 Å². The molecule has 3 rings (SSSR count). The molecule has 25 heavy (non-hydrogen) atoms. The van der Waals surface area contributed by atoms with E-state index in [0.29, 0.717) is 17.6 Å². The molecule has 1 fully saturated rings. The highest BCUT2D eigenvalue weighted by Gasteiger charge is 2.39. The molecule has 2 unspecified atom stereocenters. The fraction of sp³-hybridized carbons (Fsp3) is 0.350. The molecule has 2 aromatic rings. The predicted octanol–water partition coefficient (Wildman–Crippen LogP) is 4.37. The predicted molar refractivity (Wildman–Crippen MR) is 98.7 cm³/mol. The van der Waals surface area contributed by atoms with Crippen LogP contribution in [-0.4, -0.2) is 30.6 Å². The summed E-state index contributed by atoms with van der Waals surface area (Å²) >= 11 is 3.24. The molecule has 0 spiro atoms. The van der Waals surface area contributed by atoms with Gasteiger partial charge >= 0.3 is 5.97 Å². The highest BCUT2D eigenvalue weighted by molar-refractivity contribution is 9.10. The summed E-state index contributed by atoms with van der Waals surface area (Å²) in [7, 11) is 0. The van der Waals surface area contributed by atoms with E-state index in [1.54, 1.807) is 12.1 Å². The van der Waals surface area contributed by atoms with Crippen molar-refractivity contribution in [3.05, 3.63) is 69.9 Å². The lowest BCUT2D eigenvalue weighted by molar-refractivity contribution is -0.148. The van der Waals surface area contributed by atoms with Crippen LogP contribution in [0.3, 0.4) is 0 Å². The van der Waals surface area contributed by atoms with Crippen LogP contribution in [0.4, 0.5) is 4.39 Å². The highest BCUT2D eigenvalue weighted by atomic mass is 79.9. The Balaban J connectivity index is 1.82. The van der Waals surface area contributed by atoms with Gasteiger partial charge in [-0.05, 0) is 46.1 Å². The van der Waals surface area contributed by atoms with Crippen LogP contribution in [0.2, 0.25) is 0 Å². The van der Waals surface area contributed by atoms with Gasteiger partial charge in [-0.25, -0.2) is 4.39 Å². The van der Waals surface area contributed by atoms with E-state index in [0.717, 1.165) is 18.7 Å². The Labute approximate surface area is 155 Å². The van der Waals surface area contributed by atoms with Gasteiger partial charge in [-0.3, -0.25) is 9.69 Å². The summed E-state index contributed by atoms with van der Waals surface area (Å²) < 4.78 is 19.3. The van der Waals surface area contributed by atoms with Gasteiger partial charge in [0, 0.05) is 25.6 Å². The zero-order valence-corrected chi connectivity index (χ0v) is 15.7. The molecule has 0 bridgehead atoms. The van der Waals surface area contributed by atoms with E-state index in [1.807, 2.05) is 25.1 Å². The molecule has 0 radical (unpaired) electrons. The van der Waals surface area contributed by atoms with Crippen LogP contribution in [0.5, 0.6) is 0 Å². The summed E-state index contributed by atoms with van der Waals surface area (Å²) in [6.07, 6.45) is 0. The Hall–Kier alpha value is -1.72. The number of nitrogens with zero attached hydrogens (tertiary/aromatic N) is 1. The number of benzene rings is 2. The molecule has 1 saturated heterocycles. The van der Waals surface area contributed by atoms with Gasteiger partial charge < -0.3 is 4.74 Å². The number of rotatable bonds is 5. The minimum absolute atomic E-state index is 0.000313. The third-order valence-electron chi connectivity index (χ3n) is 4.61. The average Bonchev–Trinajstić information content (AvgIpc) is 3.02. The number of hydrogen-bond acceptors (Lipinski definition) is 3. The fourth-order valence-corrected chi connectivity index (χ4v) is 3.82. The second kappa shape index (κ2) is 8.11. The van der Waals surface area contributed by atoms with Crippen LogP contribution in [-0.2, 0) is 16.1 Å². The van der Waals surface area contributed by atoms with E-state index >= 15 is 0 Å². The first-order valence-electron chi connectivity index (χ1n) is 8.46. The topological polar surface area (TPSA) is 29.5 Å². The Kier molecular flexibility index (Phi) is 5.86. The summed E-state index contributed by atoms with van der Waals surface area (Å²) in [5.41, 5.74) is 2.17. The molecule has 0 saturated carbocycles. The molecular weight excluding hydrogens is 385 g/mol. The van der Waals surface area contributed by atoms with Gasteiger partial charge in [0.25, 0.3) is 0 Å².